The SMILES string of the molecule is COCCCNC(=O)c1nn(-c2ccccc2F)c(=O)n(Cc2cccc(C)c2)c1=O. The Kier molecular flexibility index (Phi) is 7.09. The minimum absolute atomic E-state index is 0.0831. The molecular formula is C22H23FN4O4. The van der Waals surface area contributed by atoms with Crippen LogP contribution in [0.4, 0.5) is 4.39 Å². The van der Waals surface area contributed by atoms with Gasteiger partial charge in [-0.3, -0.25) is 14.2 Å². The van der Waals surface area contributed by atoms with Crippen molar-refractivity contribution in [3.63, 3.8) is 0 Å². The molecule has 0 saturated heterocycles. The molecule has 0 bridgehead atoms. The molecule has 8 nitrogen and oxygen atoms in total. The Bertz CT molecular complexity index is 1200. The number of nitrogens with zero attached hydrogens (tertiary/aromatic N) is 3. The highest BCUT2D eigenvalue weighted by molar-refractivity contribution is 5.91. The van der Waals surface area contributed by atoms with Crippen LogP contribution in [0.15, 0.2) is 58.1 Å². The average molecular weight is 426 g/mol. The van der Waals surface area contributed by atoms with E-state index in [9.17, 15) is 18.8 Å². The third kappa shape index (κ3) is 5.13. The van der Waals surface area contributed by atoms with Crippen LogP contribution in [0.3, 0.4) is 0 Å². The smallest absolute Gasteiger partial charge is 0.352 e. The number of methoxy groups -OCH3 is 1. The first-order valence-electron chi connectivity index (χ1n) is 9.74. The largest absolute Gasteiger partial charge is 0.385 e. The van der Waals surface area contributed by atoms with Crippen molar-refractivity contribution in [1.29, 1.82) is 0 Å². The normalized spacial score (nSPS) is 10.8. The van der Waals surface area contributed by atoms with Crippen molar-refractivity contribution in [3.8, 4) is 5.69 Å². The van der Waals surface area contributed by atoms with Gasteiger partial charge in [0.1, 0.15) is 11.5 Å². The van der Waals surface area contributed by atoms with Gasteiger partial charge in [-0.05, 0) is 31.0 Å². The van der Waals surface area contributed by atoms with E-state index in [0.717, 1.165) is 14.8 Å². The van der Waals surface area contributed by atoms with E-state index >= 15 is 0 Å². The van der Waals surface area contributed by atoms with Gasteiger partial charge in [-0.15, -0.1) is 0 Å². The molecular weight excluding hydrogens is 403 g/mol. The van der Waals surface area contributed by atoms with E-state index in [1.807, 2.05) is 19.1 Å². The van der Waals surface area contributed by atoms with Crippen LogP contribution in [0.5, 0.6) is 0 Å². The van der Waals surface area contributed by atoms with Crippen LogP contribution in [-0.2, 0) is 11.3 Å². The van der Waals surface area contributed by atoms with Gasteiger partial charge in [0.05, 0.1) is 6.54 Å². The highest BCUT2D eigenvalue weighted by Gasteiger charge is 2.21. The molecule has 3 rings (SSSR count). The molecule has 0 aliphatic heterocycles. The Morgan fingerprint density at radius 1 is 1.16 bits per heavy atom. The standard InChI is InChI=1S/C22H23FN4O4/c1-15-7-5-8-16(13-15)14-26-21(29)19(20(28)24-11-6-12-31-2)25-27(22(26)30)18-10-4-3-9-17(18)23/h3-5,7-10,13H,6,11-12,14H2,1-2H3,(H,24,28). The summed E-state index contributed by atoms with van der Waals surface area (Å²) in [6.07, 6.45) is 0.534. The van der Waals surface area contributed by atoms with E-state index in [4.69, 9.17) is 4.74 Å². The van der Waals surface area contributed by atoms with Crippen LogP contribution < -0.4 is 16.6 Å². The summed E-state index contributed by atoms with van der Waals surface area (Å²) in [4.78, 5) is 38.7. The fourth-order valence-electron chi connectivity index (χ4n) is 3.07. The number of benzene rings is 2. The molecule has 0 radical (unpaired) electrons. The Morgan fingerprint density at radius 3 is 2.65 bits per heavy atom. The molecule has 0 aliphatic rings. The van der Waals surface area contributed by atoms with E-state index in [2.05, 4.69) is 10.4 Å². The van der Waals surface area contributed by atoms with Gasteiger partial charge in [0.15, 0.2) is 0 Å². The van der Waals surface area contributed by atoms with Gasteiger partial charge < -0.3 is 10.1 Å². The molecule has 0 fully saturated rings. The maximum atomic E-state index is 14.4. The summed E-state index contributed by atoms with van der Waals surface area (Å²) < 4.78 is 21.0. The van der Waals surface area contributed by atoms with E-state index in [1.165, 1.54) is 31.4 Å². The minimum Gasteiger partial charge on any atom is -0.385 e. The molecule has 1 aromatic heterocycles. The summed E-state index contributed by atoms with van der Waals surface area (Å²) in [5.74, 6) is -1.45. The lowest BCUT2D eigenvalue weighted by Crippen LogP contribution is -2.46. The van der Waals surface area contributed by atoms with Crippen LogP contribution in [-0.4, -0.2) is 40.5 Å². The second kappa shape index (κ2) is 9.94. The molecule has 31 heavy (non-hydrogen) atoms. The summed E-state index contributed by atoms with van der Waals surface area (Å²) in [7, 11) is 1.54. The lowest BCUT2D eigenvalue weighted by molar-refractivity contribution is 0.0938. The van der Waals surface area contributed by atoms with Crippen LogP contribution in [0, 0.1) is 12.7 Å². The highest BCUT2D eigenvalue weighted by atomic mass is 19.1. The fourth-order valence-corrected chi connectivity index (χ4v) is 3.07. The first-order valence-corrected chi connectivity index (χ1v) is 9.74. The third-order valence-electron chi connectivity index (χ3n) is 4.59. The first-order chi connectivity index (χ1) is 14.9. The van der Waals surface area contributed by atoms with Gasteiger partial charge in [-0.25, -0.2) is 9.18 Å². The summed E-state index contributed by atoms with van der Waals surface area (Å²) in [5, 5.41) is 6.49. The maximum absolute atomic E-state index is 14.4. The molecule has 9 heteroatoms. The Morgan fingerprint density at radius 2 is 1.94 bits per heavy atom. The molecule has 1 heterocycles. The minimum atomic E-state index is -0.844. The van der Waals surface area contributed by atoms with Gasteiger partial charge >= 0.3 is 5.69 Å². The molecule has 0 spiro atoms. The number of halogens is 1. The number of carbonyl (C=O) groups excluding carboxylic acids is 1. The monoisotopic (exact) mass is 426 g/mol. The number of hydrogen-bond acceptors (Lipinski definition) is 5. The summed E-state index contributed by atoms with van der Waals surface area (Å²) in [6, 6.07) is 12.8. The third-order valence-corrected chi connectivity index (χ3v) is 4.59. The zero-order valence-electron chi connectivity index (χ0n) is 17.3. The number of aromatic nitrogens is 3. The zero-order chi connectivity index (χ0) is 22.4. The van der Waals surface area contributed by atoms with Crippen LogP contribution in [0.2, 0.25) is 0 Å². The highest BCUT2D eigenvalue weighted by Crippen LogP contribution is 2.09. The number of amides is 1. The molecule has 162 valence electrons. The number of hydrogen-bond donors (Lipinski definition) is 1. The predicted octanol–water partition coefficient (Wildman–Crippen LogP) is 1.66. The van der Waals surface area contributed by atoms with E-state index in [1.54, 1.807) is 12.1 Å². The van der Waals surface area contributed by atoms with Crippen molar-refractivity contribution in [1.82, 2.24) is 19.7 Å². The molecule has 0 aliphatic carbocycles. The Labute approximate surface area is 177 Å². The summed E-state index contributed by atoms with van der Waals surface area (Å²) in [5.41, 5.74) is -0.690. The molecule has 0 atom stereocenters. The number of para-hydroxylation sites is 1. The van der Waals surface area contributed by atoms with Crippen molar-refractivity contribution in [2.24, 2.45) is 0 Å². The van der Waals surface area contributed by atoms with Crippen LogP contribution in [0.1, 0.15) is 28.0 Å². The number of aryl methyl sites for hydroxylation is 1. The number of ether oxygens (including phenoxy) is 1. The lowest BCUT2D eigenvalue weighted by Gasteiger charge is -2.13. The molecule has 1 N–H and O–H groups in total. The van der Waals surface area contributed by atoms with Crippen LogP contribution >= 0.6 is 0 Å². The van der Waals surface area contributed by atoms with Crippen molar-refractivity contribution in [3.05, 3.63) is 92.0 Å². The number of nitrogens with one attached hydrogen (secondary N) is 1. The predicted molar refractivity (Wildman–Crippen MR) is 113 cm³/mol. The zero-order valence-corrected chi connectivity index (χ0v) is 17.3. The van der Waals surface area contributed by atoms with Crippen molar-refractivity contribution in [2.45, 2.75) is 19.9 Å². The van der Waals surface area contributed by atoms with Crippen LogP contribution in [0.25, 0.3) is 5.69 Å². The Hall–Kier alpha value is -3.59. The van der Waals surface area contributed by atoms with Crippen molar-refractivity contribution >= 4 is 5.91 Å². The van der Waals surface area contributed by atoms with Crippen molar-refractivity contribution in [2.75, 3.05) is 20.3 Å². The van der Waals surface area contributed by atoms with E-state index < -0.39 is 28.7 Å². The number of rotatable bonds is 8. The van der Waals surface area contributed by atoms with Crippen molar-refractivity contribution < 1.29 is 13.9 Å². The maximum Gasteiger partial charge on any atom is 0.352 e. The average Bonchev–Trinajstić information content (AvgIpc) is 2.75. The van der Waals surface area contributed by atoms with Gasteiger partial charge in [0.2, 0.25) is 5.69 Å². The van der Waals surface area contributed by atoms with E-state index in [-0.39, 0.29) is 18.8 Å². The van der Waals surface area contributed by atoms with Gasteiger partial charge in [0, 0.05) is 20.3 Å². The molecule has 3 aromatic rings. The molecule has 0 saturated carbocycles. The fraction of sp³-hybridized carbons (Fsp3) is 0.273. The first kappa shape index (κ1) is 22.1. The topological polar surface area (TPSA) is 95.2 Å². The quantitative estimate of drug-likeness (QED) is 0.553. The lowest BCUT2D eigenvalue weighted by atomic mass is 10.1. The molecule has 0 unspecified atom stereocenters. The second-order valence-electron chi connectivity index (χ2n) is 6.98. The van der Waals surface area contributed by atoms with Gasteiger partial charge in [-0.1, -0.05) is 42.0 Å². The van der Waals surface area contributed by atoms with E-state index in [0.29, 0.717) is 18.6 Å². The summed E-state index contributed by atoms with van der Waals surface area (Å²) >= 11 is 0. The molecule has 2 aromatic carbocycles. The second-order valence-corrected chi connectivity index (χ2v) is 6.98. The number of carbonyl (C=O) groups is 1. The van der Waals surface area contributed by atoms with Gasteiger partial charge in [0.25, 0.3) is 11.5 Å². The van der Waals surface area contributed by atoms with Gasteiger partial charge in [-0.2, -0.15) is 9.78 Å². The summed E-state index contributed by atoms with van der Waals surface area (Å²) in [6.45, 7) is 2.49. The Balaban J connectivity index is 2.11. The molecule has 1 amide bonds.